The number of nitrogens with zero attached hydrogens (tertiary/aromatic N) is 1. The second-order valence-corrected chi connectivity index (χ2v) is 8.96. The minimum Gasteiger partial charge on any atom is -0.492 e. The summed E-state index contributed by atoms with van der Waals surface area (Å²) in [6.07, 6.45) is -0.353. The van der Waals surface area contributed by atoms with Crippen LogP contribution in [0.2, 0.25) is 0 Å². The summed E-state index contributed by atoms with van der Waals surface area (Å²) in [7, 11) is -3.70. The van der Waals surface area contributed by atoms with Crippen molar-refractivity contribution in [3.8, 4) is 5.75 Å². The quantitative estimate of drug-likeness (QED) is 0.698. The first-order valence-corrected chi connectivity index (χ1v) is 11.0. The highest BCUT2D eigenvalue weighted by Crippen LogP contribution is 2.22. The van der Waals surface area contributed by atoms with Crippen LogP contribution in [0, 0.1) is 0 Å². The number of amides is 1. The van der Waals surface area contributed by atoms with Crippen molar-refractivity contribution in [1.29, 1.82) is 0 Å². The van der Waals surface area contributed by atoms with Crippen LogP contribution in [-0.2, 0) is 14.8 Å². The van der Waals surface area contributed by atoms with Gasteiger partial charge in [-0.2, -0.15) is 4.31 Å². The maximum atomic E-state index is 13.0. The Morgan fingerprint density at radius 3 is 2.48 bits per heavy atom. The van der Waals surface area contributed by atoms with Crippen LogP contribution in [0.4, 0.5) is 0 Å². The van der Waals surface area contributed by atoms with Crippen molar-refractivity contribution in [2.45, 2.75) is 31.0 Å². The summed E-state index contributed by atoms with van der Waals surface area (Å²) in [6, 6.07) is 15.4. The van der Waals surface area contributed by atoms with Crippen LogP contribution >= 0.6 is 0 Å². The fraction of sp³-hybridized carbons (Fsp3) is 0.381. The molecule has 2 aromatic carbocycles. The summed E-state index contributed by atoms with van der Waals surface area (Å²) in [5, 5.41) is 2.75. The molecule has 1 saturated heterocycles. The highest BCUT2D eigenvalue weighted by atomic mass is 32.2. The van der Waals surface area contributed by atoms with Crippen molar-refractivity contribution in [2.75, 3.05) is 26.2 Å². The van der Waals surface area contributed by atoms with Crippen LogP contribution in [-0.4, -0.2) is 57.1 Å². The van der Waals surface area contributed by atoms with E-state index in [0.717, 1.165) is 5.75 Å². The van der Waals surface area contributed by atoms with E-state index >= 15 is 0 Å². The molecule has 1 aliphatic heterocycles. The standard InChI is InChI=1S/C21H26N2O5S/c1-16-14-23(15-17(2)28-16)29(25,26)20-10-6-7-18(13-20)21(24)22-11-12-27-19-8-4-3-5-9-19/h3-10,13,16-17H,11-12,14-15H2,1-2H3,(H,22,24)/t16-,17+. The van der Waals surface area contributed by atoms with Crippen LogP contribution in [0.3, 0.4) is 0 Å². The third-order valence-corrected chi connectivity index (χ3v) is 6.35. The lowest BCUT2D eigenvalue weighted by Gasteiger charge is -2.34. The van der Waals surface area contributed by atoms with Gasteiger partial charge in [0, 0.05) is 18.7 Å². The topological polar surface area (TPSA) is 84.9 Å². The molecule has 0 saturated carbocycles. The molecule has 156 valence electrons. The highest BCUT2D eigenvalue weighted by molar-refractivity contribution is 7.89. The lowest BCUT2D eigenvalue weighted by Crippen LogP contribution is -2.48. The number of carbonyl (C=O) groups is 1. The molecular formula is C21H26N2O5S. The molecule has 0 aliphatic carbocycles. The molecule has 1 amide bonds. The molecule has 8 heteroatoms. The molecule has 1 heterocycles. The van der Waals surface area contributed by atoms with Crippen LogP contribution in [0.5, 0.6) is 5.75 Å². The molecule has 1 N–H and O–H groups in total. The van der Waals surface area contributed by atoms with Crippen LogP contribution in [0.1, 0.15) is 24.2 Å². The summed E-state index contributed by atoms with van der Waals surface area (Å²) >= 11 is 0. The van der Waals surface area contributed by atoms with E-state index in [0.29, 0.717) is 31.8 Å². The average molecular weight is 419 g/mol. The Bertz CT molecular complexity index is 923. The smallest absolute Gasteiger partial charge is 0.251 e. The predicted octanol–water partition coefficient (Wildman–Crippen LogP) is 2.29. The van der Waals surface area contributed by atoms with E-state index in [1.165, 1.54) is 16.4 Å². The van der Waals surface area contributed by atoms with E-state index < -0.39 is 10.0 Å². The SMILES string of the molecule is C[C@@H]1CN(S(=O)(=O)c2cccc(C(=O)NCCOc3ccccc3)c2)C[C@H](C)O1. The average Bonchev–Trinajstić information content (AvgIpc) is 2.71. The molecule has 2 atom stereocenters. The Labute approximate surface area is 171 Å². The zero-order valence-electron chi connectivity index (χ0n) is 16.6. The van der Waals surface area contributed by atoms with E-state index in [1.54, 1.807) is 12.1 Å². The third-order valence-electron chi connectivity index (χ3n) is 4.52. The van der Waals surface area contributed by atoms with Gasteiger partial charge in [-0.05, 0) is 44.2 Å². The number of benzene rings is 2. The van der Waals surface area contributed by atoms with Gasteiger partial charge in [0.25, 0.3) is 5.91 Å². The molecule has 0 aromatic heterocycles. The number of nitrogens with one attached hydrogen (secondary N) is 1. The van der Waals surface area contributed by atoms with Gasteiger partial charge < -0.3 is 14.8 Å². The van der Waals surface area contributed by atoms with E-state index in [-0.39, 0.29) is 23.0 Å². The van der Waals surface area contributed by atoms with Gasteiger partial charge in [-0.3, -0.25) is 4.79 Å². The van der Waals surface area contributed by atoms with E-state index in [9.17, 15) is 13.2 Å². The first-order valence-electron chi connectivity index (χ1n) is 9.58. The van der Waals surface area contributed by atoms with Gasteiger partial charge in [0.1, 0.15) is 12.4 Å². The zero-order chi connectivity index (χ0) is 20.9. The predicted molar refractivity (Wildman–Crippen MR) is 109 cm³/mol. The van der Waals surface area contributed by atoms with Crippen LogP contribution < -0.4 is 10.1 Å². The summed E-state index contributed by atoms with van der Waals surface area (Å²) in [6.45, 7) is 4.90. The van der Waals surface area contributed by atoms with Crippen LogP contribution in [0.25, 0.3) is 0 Å². The number of sulfonamides is 1. The van der Waals surface area contributed by atoms with E-state index in [2.05, 4.69) is 5.32 Å². The minimum atomic E-state index is -3.70. The third kappa shape index (κ3) is 5.56. The van der Waals surface area contributed by atoms with Crippen molar-refractivity contribution < 1.29 is 22.7 Å². The lowest BCUT2D eigenvalue weighted by molar-refractivity contribution is -0.0440. The number of hydrogen-bond donors (Lipinski definition) is 1. The Morgan fingerprint density at radius 2 is 1.79 bits per heavy atom. The second-order valence-electron chi connectivity index (χ2n) is 7.02. The molecule has 0 bridgehead atoms. The molecule has 3 rings (SSSR count). The fourth-order valence-corrected chi connectivity index (χ4v) is 4.86. The second kappa shape index (κ2) is 9.39. The van der Waals surface area contributed by atoms with Crippen molar-refractivity contribution in [1.82, 2.24) is 9.62 Å². The lowest BCUT2D eigenvalue weighted by atomic mass is 10.2. The molecule has 1 aliphatic rings. The van der Waals surface area contributed by atoms with Gasteiger partial charge in [0.15, 0.2) is 0 Å². The van der Waals surface area contributed by atoms with Gasteiger partial charge >= 0.3 is 0 Å². The largest absolute Gasteiger partial charge is 0.492 e. The maximum Gasteiger partial charge on any atom is 0.251 e. The number of morpholine rings is 1. The zero-order valence-corrected chi connectivity index (χ0v) is 17.4. The normalized spacial score (nSPS) is 20.2. The van der Waals surface area contributed by atoms with E-state index in [1.807, 2.05) is 44.2 Å². The number of carbonyl (C=O) groups excluding carboxylic acids is 1. The molecule has 0 radical (unpaired) electrons. The Kier molecular flexibility index (Phi) is 6.89. The Balaban J connectivity index is 1.61. The first-order chi connectivity index (χ1) is 13.9. The highest BCUT2D eigenvalue weighted by Gasteiger charge is 2.32. The molecule has 0 spiro atoms. The molecule has 7 nitrogen and oxygen atoms in total. The molecule has 29 heavy (non-hydrogen) atoms. The van der Waals surface area contributed by atoms with Crippen LogP contribution in [0.15, 0.2) is 59.5 Å². The monoisotopic (exact) mass is 418 g/mol. The van der Waals surface area contributed by atoms with Gasteiger partial charge in [-0.1, -0.05) is 24.3 Å². The fourth-order valence-electron chi connectivity index (χ4n) is 3.23. The van der Waals surface area contributed by atoms with Gasteiger partial charge in [-0.15, -0.1) is 0 Å². The first kappa shape index (κ1) is 21.3. The molecular weight excluding hydrogens is 392 g/mol. The van der Waals surface area contributed by atoms with Gasteiger partial charge in [0.05, 0.1) is 23.6 Å². The van der Waals surface area contributed by atoms with Gasteiger partial charge in [-0.25, -0.2) is 8.42 Å². The van der Waals surface area contributed by atoms with Crippen molar-refractivity contribution in [3.05, 3.63) is 60.2 Å². The van der Waals surface area contributed by atoms with E-state index in [4.69, 9.17) is 9.47 Å². The summed E-state index contributed by atoms with van der Waals surface area (Å²) < 4.78 is 38.5. The molecule has 1 fully saturated rings. The molecule has 2 aromatic rings. The van der Waals surface area contributed by atoms with Crippen molar-refractivity contribution >= 4 is 15.9 Å². The number of para-hydroxylation sites is 1. The molecule has 0 unspecified atom stereocenters. The summed E-state index contributed by atoms with van der Waals surface area (Å²) in [5.74, 6) is 0.381. The Hall–Kier alpha value is -2.42. The van der Waals surface area contributed by atoms with Gasteiger partial charge in [0.2, 0.25) is 10.0 Å². The van der Waals surface area contributed by atoms with Crippen molar-refractivity contribution in [3.63, 3.8) is 0 Å². The van der Waals surface area contributed by atoms with Crippen molar-refractivity contribution in [2.24, 2.45) is 0 Å². The number of hydrogen-bond acceptors (Lipinski definition) is 5. The Morgan fingerprint density at radius 1 is 1.10 bits per heavy atom. The number of rotatable bonds is 7. The summed E-state index contributed by atoms with van der Waals surface area (Å²) in [5.41, 5.74) is 0.292. The number of ether oxygens (including phenoxy) is 2. The minimum absolute atomic E-state index is 0.104. The maximum absolute atomic E-state index is 13.0. The summed E-state index contributed by atoms with van der Waals surface area (Å²) in [4.78, 5) is 12.5.